The van der Waals surface area contributed by atoms with E-state index in [1.54, 1.807) is 18.2 Å². The summed E-state index contributed by atoms with van der Waals surface area (Å²) >= 11 is 1.09. The van der Waals surface area contributed by atoms with Crippen molar-refractivity contribution in [3.05, 3.63) is 72.4 Å². The van der Waals surface area contributed by atoms with Crippen LogP contribution in [0.4, 0.5) is 5.82 Å². The standard InChI is InChI=1S/C20H20N4O3S2/c1-14(15-8-4-2-5-9-15)23-18(25)13-28-20-22-12-17(19(21)24-20)29(26,27)16-10-6-3-7-11-16/h2-12,14H,13H2,1H3,(H,23,25)(H2,21,22,24)/t14-/m0/s1. The van der Waals surface area contributed by atoms with E-state index >= 15 is 0 Å². The third-order valence-corrected chi connectivity index (χ3v) is 6.76. The predicted molar refractivity (Wildman–Crippen MR) is 112 cm³/mol. The molecule has 0 aliphatic heterocycles. The second kappa shape index (κ2) is 9.06. The highest BCUT2D eigenvalue weighted by Gasteiger charge is 2.22. The lowest BCUT2D eigenvalue weighted by Gasteiger charge is -2.14. The Morgan fingerprint density at radius 2 is 1.72 bits per heavy atom. The molecule has 7 nitrogen and oxygen atoms in total. The predicted octanol–water partition coefficient (Wildman–Crippen LogP) is 2.86. The number of nitrogens with one attached hydrogen (secondary N) is 1. The zero-order chi connectivity index (χ0) is 20.9. The number of aromatic nitrogens is 2. The molecule has 0 saturated heterocycles. The SMILES string of the molecule is C[C@H](NC(=O)CSc1ncc(S(=O)(=O)c2ccccc2)c(N)n1)c1ccccc1. The van der Waals surface area contributed by atoms with Gasteiger partial charge in [0.05, 0.1) is 22.9 Å². The number of carbonyl (C=O) groups is 1. The lowest BCUT2D eigenvalue weighted by Crippen LogP contribution is -2.28. The molecule has 3 rings (SSSR count). The van der Waals surface area contributed by atoms with Crippen LogP contribution in [0.5, 0.6) is 0 Å². The first kappa shape index (κ1) is 20.8. The van der Waals surface area contributed by atoms with E-state index in [4.69, 9.17) is 5.73 Å². The summed E-state index contributed by atoms with van der Waals surface area (Å²) in [5.41, 5.74) is 6.87. The van der Waals surface area contributed by atoms with E-state index in [9.17, 15) is 13.2 Å². The van der Waals surface area contributed by atoms with Crippen molar-refractivity contribution in [3.8, 4) is 0 Å². The number of nitrogens with two attached hydrogens (primary N) is 1. The number of sulfone groups is 1. The number of hydrogen-bond donors (Lipinski definition) is 2. The summed E-state index contributed by atoms with van der Waals surface area (Å²) in [6.07, 6.45) is 1.18. The molecule has 0 spiro atoms. The minimum absolute atomic E-state index is 0.0847. The smallest absolute Gasteiger partial charge is 0.230 e. The van der Waals surface area contributed by atoms with Gasteiger partial charge in [-0.1, -0.05) is 60.3 Å². The van der Waals surface area contributed by atoms with Crippen molar-refractivity contribution in [3.63, 3.8) is 0 Å². The fraction of sp³-hybridized carbons (Fsp3) is 0.150. The monoisotopic (exact) mass is 428 g/mol. The van der Waals surface area contributed by atoms with Crippen LogP contribution in [0.25, 0.3) is 0 Å². The van der Waals surface area contributed by atoms with Gasteiger partial charge in [0, 0.05) is 0 Å². The molecule has 0 aliphatic rings. The molecule has 9 heteroatoms. The third kappa shape index (κ3) is 5.12. The number of benzene rings is 2. The molecular formula is C20H20N4O3S2. The first-order valence-electron chi connectivity index (χ1n) is 8.77. The van der Waals surface area contributed by atoms with E-state index in [1.165, 1.54) is 18.3 Å². The number of thioether (sulfide) groups is 1. The molecule has 0 bridgehead atoms. The highest BCUT2D eigenvalue weighted by Crippen LogP contribution is 2.25. The van der Waals surface area contributed by atoms with Crippen molar-refractivity contribution in [1.29, 1.82) is 0 Å². The van der Waals surface area contributed by atoms with Crippen LogP contribution in [0.2, 0.25) is 0 Å². The van der Waals surface area contributed by atoms with E-state index < -0.39 is 9.84 Å². The minimum Gasteiger partial charge on any atom is -0.382 e. The molecular weight excluding hydrogens is 408 g/mol. The molecule has 29 heavy (non-hydrogen) atoms. The maximum atomic E-state index is 12.7. The topological polar surface area (TPSA) is 115 Å². The average molecular weight is 429 g/mol. The number of carbonyl (C=O) groups excluding carboxylic acids is 1. The van der Waals surface area contributed by atoms with Crippen molar-refractivity contribution in [2.45, 2.75) is 27.9 Å². The van der Waals surface area contributed by atoms with E-state index in [-0.39, 0.29) is 38.5 Å². The highest BCUT2D eigenvalue weighted by molar-refractivity contribution is 7.99. The summed E-state index contributed by atoms with van der Waals surface area (Å²) in [4.78, 5) is 20.2. The molecule has 1 atom stereocenters. The van der Waals surface area contributed by atoms with Crippen LogP contribution in [-0.2, 0) is 14.6 Å². The molecule has 1 aromatic heterocycles. The maximum absolute atomic E-state index is 12.7. The Morgan fingerprint density at radius 1 is 1.10 bits per heavy atom. The first-order chi connectivity index (χ1) is 13.9. The van der Waals surface area contributed by atoms with Gasteiger partial charge in [0.2, 0.25) is 15.7 Å². The van der Waals surface area contributed by atoms with Crippen LogP contribution >= 0.6 is 11.8 Å². The zero-order valence-electron chi connectivity index (χ0n) is 15.6. The lowest BCUT2D eigenvalue weighted by atomic mass is 10.1. The molecule has 1 heterocycles. The van der Waals surface area contributed by atoms with Crippen molar-refractivity contribution in [2.75, 3.05) is 11.5 Å². The van der Waals surface area contributed by atoms with Gasteiger partial charge in [0.25, 0.3) is 0 Å². The van der Waals surface area contributed by atoms with Gasteiger partial charge in [0.15, 0.2) is 5.16 Å². The summed E-state index contributed by atoms with van der Waals surface area (Å²) in [7, 11) is -3.80. The zero-order valence-corrected chi connectivity index (χ0v) is 17.3. The molecule has 150 valence electrons. The highest BCUT2D eigenvalue weighted by atomic mass is 32.2. The van der Waals surface area contributed by atoms with Gasteiger partial charge >= 0.3 is 0 Å². The quantitative estimate of drug-likeness (QED) is 0.439. The van der Waals surface area contributed by atoms with Gasteiger partial charge in [-0.05, 0) is 24.6 Å². The van der Waals surface area contributed by atoms with Crippen LogP contribution in [-0.4, -0.2) is 30.0 Å². The fourth-order valence-corrected chi connectivity index (χ4v) is 4.52. The van der Waals surface area contributed by atoms with Crippen LogP contribution < -0.4 is 11.1 Å². The Hall–Kier alpha value is -2.91. The molecule has 2 aromatic carbocycles. The molecule has 3 aromatic rings. The lowest BCUT2D eigenvalue weighted by molar-refractivity contribution is -0.119. The molecule has 0 radical (unpaired) electrons. The summed E-state index contributed by atoms with van der Waals surface area (Å²) < 4.78 is 25.3. The molecule has 1 amide bonds. The fourth-order valence-electron chi connectivity index (χ4n) is 2.61. The molecule has 0 fully saturated rings. The summed E-state index contributed by atoms with van der Waals surface area (Å²) in [6.45, 7) is 1.90. The van der Waals surface area contributed by atoms with Crippen LogP contribution in [0.1, 0.15) is 18.5 Å². The Balaban J connectivity index is 1.64. The Morgan fingerprint density at radius 3 is 2.34 bits per heavy atom. The van der Waals surface area contributed by atoms with Crippen LogP contribution in [0, 0.1) is 0 Å². The van der Waals surface area contributed by atoms with E-state index in [0.29, 0.717) is 0 Å². The van der Waals surface area contributed by atoms with Crippen LogP contribution in [0.3, 0.4) is 0 Å². The number of amides is 1. The maximum Gasteiger partial charge on any atom is 0.230 e. The second-order valence-corrected chi connectivity index (χ2v) is 9.07. The number of rotatable bonds is 7. The van der Waals surface area contributed by atoms with Gasteiger partial charge in [-0.25, -0.2) is 18.4 Å². The first-order valence-corrected chi connectivity index (χ1v) is 11.2. The number of hydrogen-bond acceptors (Lipinski definition) is 7. The second-order valence-electron chi connectivity index (χ2n) is 6.21. The normalized spacial score (nSPS) is 12.3. The van der Waals surface area contributed by atoms with E-state index in [0.717, 1.165) is 17.3 Å². The number of nitrogens with zero attached hydrogens (tertiary/aromatic N) is 2. The molecule has 0 aliphatic carbocycles. The third-order valence-electron chi connectivity index (χ3n) is 4.11. The summed E-state index contributed by atoms with van der Waals surface area (Å²) in [5, 5.41) is 3.13. The van der Waals surface area contributed by atoms with Crippen molar-refractivity contribution in [2.24, 2.45) is 0 Å². The van der Waals surface area contributed by atoms with Crippen molar-refractivity contribution < 1.29 is 13.2 Å². The van der Waals surface area contributed by atoms with E-state index in [1.807, 2.05) is 37.3 Å². The minimum atomic E-state index is -3.80. The number of nitrogen functional groups attached to an aromatic ring is 1. The summed E-state index contributed by atoms with van der Waals surface area (Å²) in [6, 6.07) is 17.4. The Bertz CT molecular complexity index is 1090. The summed E-state index contributed by atoms with van der Waals surface area (Å²) in [5.74, 6) is -0.250. The Labute approximate surface area is 173 Å². The number of anilines is 1. The van der Waals surface area contributed by atoms with E-state index in [2.05, 4.69) is 15.3 Å². The molecule has 0 unspecified atom stereocenters. The van der Waals surface area contributed by atoms with Crippen LogP contribution in [0.15, 0.2) is 81.8 Å². The van der Waals surface area contributed by atoms with Gasteiger partial charge in [-0.2, -0.15) is 0 Å². The van der Waals surface area contributed by atoms with Gasteiger partial charge in [-0.15, -0.1) is 0 Å². The van der Waals surface area contributed by atoms with Gasteiger partial charge in [-0.3, -0.25) is 4.79 Å². The molecule has 0 saturated carbocycles. The van der Waals surface area contributed by atoms with Crippen molar-refractivity contribution in [1.82, 2.24) is 15.3 Å². The van der Waals surface area contributed by atoms with Crippen molar-refractivity contribution >= 4 is 33.3 Å². The largest absolute Gasteiger partial charge is 0.382 e. The van der Waals surface area contributed by atoms with Gasteiger partial charge in [0.1, 0.15) is 10.7 Å². The Kier molecular flexibility index (Phi) is 6.50. The van der Waals surface area contributed by atoms with Gasteiger partial charge < -0.3 is 11.1 Å². The molecule has 3 N–H and O–H groups in total. The average Bonchev–Trinajstić information content (AvgIpc) is 2.73.